The molecule has 0 atom stereocenters. The second kappa shape index (κ2) is 30.5. The van der Waals surface area contributed by atoms with Gasteiger partial charge in [-0.05, 0) is 135 Å². The van der Waals surface area contributed by atoms with Crippen LogP contribution in [0.5, 0.6) is 34.5 Å². The van der Waals surface area contributed by atoms with E-state index >= 15 is 0 Å². The van der Waals surface area contributed by atoms with E-state index < -0.39 is 0 Å². The van der Waals surface area contributed by atoms with Gasteiger partial charge in [-0.15, -0.1) is 0 Å². The van der Waals surface area contributed by atoms with Crippen LogP contribution < -0.4 is 61.4 Å². The van der Waals surface area contributed by atoms with E-state index in [1.165, 1.54) is 0 Å². The molecule has 9 aromatic rings. The van der Waals surface area contributed by atoms with E-state index in [1.54, 1.807) is 74.8 Å². The molecule has 6 aliphatic rings. The van der Waals surface area contributed by atoms with Crippen LogP contribution >= 0.6 is 0 Å². The van der Waals surface area contributed by atoms with Crippen LogP contribution in [0.15, 0.2) is 87.6 Å². The maximum absolute atomic E-state index is 12.9. The van der Waals surface area contributed by atoms with Crippen molar-refractivity contribution in [3.05, 3.63) is 105 Å². The summed E-state index contributed by atoms with van der Waals surface area (Å²) in [6, 6.07) is 17.9. The first kappa shape index (κ1) is 68.3. The number of aryl methyl sites for hydroxylation is 3. The van der Waals surface area contributed by atoms with Gasteiger partial charge in [-0.2, -0.15) is 15.0 Å². The summed E-state index contributed by atoms with van der Waals surface area (Å²) < 4.78 is 45.8. The molecule has 15 rings (SSSR count). The van der Waals surface area contributed by atoms with Gasteiger partial charge in [-0.3, -0.25) is 27.4 Å². The van der Waals surface area contributed by atoms with Gasteiger partial charge in [0.1, 0.15) is 69.4 Å². The van der Waals surface area contributed by atoms with Crippen LogP contribution in [0, 0.1) is 0 Å². The Bertz CT molecular complexity index is 4010. The minimum absolute atomic E-state index is 0.0312. The van der Waals surface area contributed by atoms with Crippen molar-refractivity contribution in [1.29, 1.82) is 0 Å². The van der Waals surface area contributed by atoms with Gasteiger partial charge in [0, 0.05) is 96.7 Å². The third-order valence-corrected chi connectivity index (χ3v) is 20.7. The lowest BCUT2D eigenvalue weighted by Crippen LogP contribution is -2.35. The number of hydrogen-bond acceptors (Lipinski definition) is 21. The summed E-state index contributed by atoms with van der Waals surface area (Å²) in [5.74, 6) is 5.65. The van der Waals surface area contributed by atoms with Gasteiger partial charge in [0.2, 0.25) is 17.8 Å². The largest absolute Gasteiger partial charge is 0.494 e. The quantitative estimate of drug-likeness (QED) is 0.0721. The number of aromatic nitrogens is 12. The number of hydrogen-bond donors (Lipinski definition) is 3. The molecule has 6 aromatic heterocycles. The summed E-state index contributed by atoms with van der Waals surface area (Å²) in [4.78, 5) is 73.1. The molecule has 6 fully saturated rings. The Labute approximate surface area is 576 Å². The summed E-state index contributed by atoms with van der Waals surface area (Å²) in [6.45, 7) is 6.29. The number of ether oxygens (including phenoxy) is 6. The van der Waals surface area contributed by atoms with Crippen LogP contribution in [0.4, 0.5) is 34.9 Å². The minimum Gasteiger partial charge on any atom is -0.494 e. The van der Waals surface area contributed by atoms with Crippen LogP contribution in [-0.4, -0.2) is 172 Å². The lowest BCUT2D eigenvalue weighted by atomic mass is 10.1. The smallest absolute Gasteiger partial charge is 0.330 e. The van der Waals surface area contributed by atoms with Crippen molar-refractivity contribution in [2.45, 2.75) is 152 Å². The highest BCUT2D eigenvalue weighted by molar-refractivity contribution is 5.76. The summed E-state index contributed by atoms with van der Waals surface area (Å²) in [6.07, 6.45) is 24.9. The van der Waals surface area contributed by atoms with Crippen LogP contribution in [0.25, 0.3) is 33.5 Å². The van der Waals surface area contributed by atoms with E-state index in [2.05, 4.69) is 66.7 Å². The predicted octanol–water partition coefficient (Wildman–Crippen LogP) is 10.4. The molecule has 0 amide bonds. The van der Waals surface area contributed by atoms with Crippen LogP contribution in [-0.2, 0) is 21.1 Å². The number of rotatable bonds is 18. The monoisotopic (exact) mass is 1360 g/mol. The predicted molar refractivity (Wildman–Crippen MR) is 383 cm³/mol. The molecular weight excluding hydrogens is 1260 g/mol. The topological polar surface area (TPSA) is 259 Å². The molecule has 27 heteroatoms. The van der Waals surface area contributed by atoms with Gasteiger partial charge in [0.15, 0.2) is 16.9 Å². The highest BCUT2D eigenvalue weighted by Gasteiger charge is 2.29. The first-order chi connectivity index (χ1) is 48.1. The Hall–Kier alpha value is -9.21. The number of nitrogens with zero attached hydrogens (tertiary/aromatic N) is 15. The summed E-state index contributed by atoms with van der Waals surface area (Å²) in [5.41, 5.74) is 6.40. The van der Waals surface area contributed by atoms with Crippen LogP contribution in [0.1, 0.15) is 134 Å². The SMILES string of the molecule is COc1cc(OC2CCN(C)CC2)ccc1Nc1ncc2c(n1)n(C1CCCC1)c(=O)n2C.COc1cc(OC2CCN(C)CC2)ccc1Nc1ncc2c(n1)n(C1CCCC1)c(=O)n2C.COc1cc(OC2CCN(C)CC2)ccc1Nc1ncc2c(n1)n(C1CCCC1)c(=O)n2C. The molecule has 3 aromatic carbocycles. The van der Waals surface area contributed by atoms with Crippen molar-refractivity contribution in [3.8, 4) is 34.5 Å². The Morgan fingerprint density at radius 1 is 0.364 bits per heavy atom. The second-order valence-electron chi connectivity index (χ2n) is 27.5. The summed E-state index contributed by atoms with van der Waals surface area (Å²) in [7, 11) is 16.7. The fourth-order valence-corrected chi connectivity index (χ4v) is 14.9. The maximum atomic E-state index is 12.9. The molecule has 3 N–H and O–H groups in total. The first-order valence-corrected chi connectivity index (χ1v) is 35.3. The standard InChI is InChI=1S/3C24H32N6O3/c3*1-28-12-10-17(11-13-28)33-18-8-9-19(21(14-18)32-3)26-23-25-15-20-22(27-23)30(24(31)29(20)2)16-6-4-5-7-16/h3*8-9,14-17H,4-7,10-13H2,1-3H3,(H,25,26,27). The molecule has 0 radical (unpaired) electrons. The lowest BCUT2D eigenvalue weighted by Gasteiger charge is -2.29. The number of likely N-dealkylation sites (tertiary alicyclic amines) is 3. The van der Waals surface area contributed by atoms with Crippen molar-refractivity contribution in [1.82, 2.24) is 72.0 Å². The molecular formula is C72H96N18O9. The molecule has 0 spiro atoms. The number of benzene rings is 3. The molecule has 3 saturated heterocycles. The minimum atomic E-state index is -0.0312. The van der Waals surface area contributed by atoms with E-state index in [0.717, 1.165) is 206 Å². The number of methoxy groups -OCH3 is 3. The molecule has 0 bridgehead atoms. The second-order valence-corrected chi connectivity index (χ2v) is 27.5. The van der Waals surface area contributed by atoms with Gasteiger partial charge in [-0.25, -0.2) is 29.3 Å². The lowest BCUT2D eigenvalue weighted by molar-refractivity contribution is 0.114. The Kier molecular flexibility index (Phi) is 21.0. The van der Waals surface area contributed by atoms with Crippen molar-refractivity contribution >= 4 is 68.4 Å². The summed E-state index contributed by atoms with van der Waals surface area (Å²) in [5, 5.41) is 9.79. The highest BCUT2D eigenvalue weighted by atomic mass is 16.5. The average molecular weight is 1360 g/mol. The zero-order valence-corrected chi connectivity index (χ0v) is 58.7. The maximum Gasteiger partial charge on any atom is 0.330 e. The molecule has 3 aliphatic carbocycles. The van der Waals surface area contributed by atoms with Crippen LogP contribution in [0.3, 0.4) is 0 Å². The van der Waals surface area contributed by atoms with Crippen molar-refractivity contribution in [2.24, 2.45) is 21.1 Å². The number of nitrogens with one attached hydrogen (secondary N) is 3. The van der Waals surface area contributed by atoms with E-state index in [0.29, 0.717) is 52.0 Å². The number of fused-ring (bicyclic) bond motifs is 3. The first-order valence-electron chi connectivity index (χ1n) is 35.3. The van der Waals surface area contributed by atoms with Crippen LogP contribution in [0.2, 0.25) is 0 Å². The Morgan fingerprint density at radius 2 is 0.616 bits per heavy atom. The van der Waals surface area contributed by atoms with Gasteiger partial charge in [-0.1, -0.05) is 38.5 Å². The summed E-state index contributed by atoms with van der Waals surface area (Å²) >= 11 is 0. The third kappa shape index (κ3) is 15.2. The molecule has 3 aliphatic heterocycles. The molecule has 528 valence electrons. The average Bonchev–Trinajstić information content (AvgIpc) is 1.63. The Morgan fingerprint density at radius 3 is 0.859 bits per heavy atom. The van der Waals surface area contributed by atoms with Gasteiger partial charge >= 0.3 is 17.1 Å². The zero-order valence-electron chi connectivity index (χ0n) is 58.7. The van der Waals surface area contributed by atoms with E-state index in [9.17, 15) is 14.4 Å². The van der Waals surface area contributed by atoms with Crippen molar-refractivity contribution < 1.29 is 28.4 Å². The van der Waals surface area contributed by atoms with E-state index in [1.807, 2.05) is 68.3 Å². The molecule has 9 heterocycles. The highest BCUT2D eigenvalue weighted by Crippen LogP contribution is 2.38. The zero-order chi connectivity index (χ0) is 68.8. The normalized spacial score (nSPS) is 18.2. The van der Waals surface area contributed by atoms with Crippen molar-refractivity contribution in [3.63, 3.8) is 0 Å². The fraction of sp³-hybridized carbons (Fsp3) is 0.542. The van der Waals surface area contributed by atoms with Gasteiger partial charge in [0.25, 0.3) is 0 Å². The van der Waals surface area contributed by atoms with Crippen molar-refractivity contribution in [2.75, 3.05) is 97.7 Å². The number of anilines is 6. The van der Waals surface area contributed by atoms with E-state index in [4.69, 9.17) is 43.4 Å². The molecule has 0 unspecified atom stereocenters. The Balaban J connectivity index is 0.000000133. The fourth-order valence-electron chi connectivity index (χ4n) is 14.9. The number of piperidine rings is 3. The molecule has 3 saturated carbocycles. The third-order valence-electron chi connectivity index (χ3n) is 20.7. The molecule has 99 heavy (non-hydrogen) atoms. The van der Waals surface area contributed by atoms with Gasteiger partial charge < -0.3 is 59.1 Å². The van der Waals surface area contributed by atoms with Gasteiger partial charge in [0.05, 0.1) is 57.0 Å². The molecule has 27 nitrogen and oxygen atoms in total. The van der Waals surface area contributed by atoms with E-state index in [-0.39, 0.29) is 53.5 Å². The number of imidazole rings is 3.